The molecule has 1 aromatic rings. The van der Waals surface area contributed by atoms with Crippen LogP contribution >= 0.6 is 11.8 Å². The molecule has 0 heterocycles. The highest BCUT2D eigenvalue weighted by Crippen LogP contribution is 2.25. The number of rotatable bonds is 6. The lowest BCUT2D eigenvalue weighted by atomic mass is 9.97. The number of benzene rings is 1. The number of hydrogen-bond acceptors (Lipinski definition) is 3. The number of thioether (sulfide) groups is 1. The average molecular weight is 304 g/mol. The van der Waals surface area contributed by atoms with E-state index in [-0.39, 0.29) is 5.91 Å². The number of nitrogen functional groups attached to an aromatic ring is 1. The van der Waals surface area contributed by atoms with Crippen LogP contribution in [0.2, 0.25) is 0 Å². The van der Waals surface area contributed by atoms with Crippen molar-refractivity contribution in [1.82, 2.24) is 5.32 Å². The van der Waals surface area contributed by atoms with E-state index in [1.165, 1.54) is 43.0 Å². The van der Waals surface area contributed by atoms with Crippen molar-refractivity contribution in [3.05, 3.63) is 35.4 Å². The molecule has 3 N–H and O–H groups in total. The molecule has 3 nitrogen and oxygen atoms in total. The van der Waals surface area contributed by atoms with Gasteiger partial charge in [-0.1, -0.05) is 17.7 Å². The van der Waals surface area contributed by atoms with Crippen LogP contribution in [0.3, 0.4) is 0 Å². The molecule has 1 aromatic carbocycles. The predicted molar refractivity (Wildman–Crippen MR) is 90.5 cm³/mol. The topological polar surface area (TPSA) is 55.1 Å². The first kappa shape index (κ1) is 16.0. The summed E-state index contributed by atoms with van der Waals surface area (Å²) >= 11 is 1.50. The fourth-order valence-corrected chi connectivity index (χ4v) is 3.27. The van der Waals surface area contributed by atoms with Gasteiger partial charge in [0, 0.05) is 17.1 Å². The maximum absolute atomic E-state index is 11.8. The average Bonchev–Trinajstić information content (AvgIpc) is 2.47. The van der Waals surface area contributed by atoms with Crippen LogP contribution in [0.4, 0.5) is 5.69 Å². The quantitative estimate of drug-likeness (QED) is 0.479. The van der Waals surface area contributed by atoms with E-state index in [9.17, 15) is 4.79 Å². The third kappa shape index (κ3) is 5.46. The van der Waals surface area contributed by atoms with E-state index >= 15 is 0 Å². The lowest BCUT2D eigenvalue weighted by Crippen LogP contribution is -2.26. The molecule has 0 fully saturated rings. The molecule has 0 saturated carbocycles. The summed E-state index contributed by atoms with van der Waals surface area (Å²) in [6.07, 6.45) is 8.32. The fraction of sp³-hybridized carbons (Fsp3) is 0.471. The van der Waals surface area contributed by atoms with E-state index < -0.39 is 0 Å². The van der Waals surface area contributed by atoms with Gasteiger partial charge < -0.3 is 11.1 Å². The third-order valence-corrected chi connectivity index (χ3v) is 4.77. The van der Waals surface area contributed by atoms with E-state index in [1.54, 1.807) is 0 Å². The first-order valence-electron chi connectivity index (χ1n) is 7.58. The summed E-state index contributed by atoms with van der Waals surface area (Å²) in [6, 6.07) is 5.94. The van der Waals surface area contributed by atoms with E-state index in [0.717, 1.165) is 29.1 Å². The molecule has 1 aliphatic rings. The molecule has 1 aliphatic carbocycles. The van der Waals surface area contributed by atoms with Gasteiger partial charge in [-0.3, -0.25) is 4.79 Å². The Balaban J connectivity index is 1.68. The van der Waals surface area contributed by atoms with Gasteiger partial charge in [0.05, 0.1) is 5.75 Å². The largest absolute Gasteiger partial charge is 0.398 e. The highest BCUT2D eigenvalue weighted by Gasteiger charge is 2.07. The van der Waals surface area contributed by atoms with Gasteiger partial charge in [0.25, 0.3) is 0 Å². The zero-order valence-corrected chi connectivity index (χ0v) is 13.5. The van der Waals surface area contributed by atoms with Crippen molar-refractivity contribution in [3.63, 3.8) is 0 Å². The molecule has 0 spiro atoms. The summed E-state index contributed by atoms with van der Waals surface area (Å²) in [7, 11) is 0. The number of nitrogens with two attached hydrogens (primary N) is 1. The molecular weight excluding hydrogens is 280 g/mol. The van der Waals surface area contributed by atoms with E-state index in [1.807, 2.05) is 25.1 Å². The normalized spacial score (nSPS) is 14.6. The van der Waals surface area contributed by atoms with E-state index in [0.29, 0.717) is 5.75 Å². The van der Waals surface area contributed by atoms with Gasteiger partial charge in [-0.15, -0.1) is 11.8 Å². The molecule has 2 rings (SSSR count). The molecular formula is C17H24N2OS. The summed E-state index contributed by atoms with van der Waals surface area (Å²) in [5.74, 6) is 0.503. The Hall–Kier alpha value is -1.42. The Morgan fingerprint density at radius 2 is 2.24 bits per heavy atom. The van der Waals surface area contributed by atoms with Crippen LogP contribution in [0.5, 0.6) is 0 Å². The van der Waals surface area contributed by atoms with Gasteiger partial charge in [0.15, 0.2) is 0 Å². The van der Waals surface area contributed by atoms with Gasteiger partial charge in [0.1, 0.15) is 0 Å². The number of nitrogens with one attached hydrogen (secondary N) is 1. The minimum absolute atomic E-state index is 0.0800. The van der Waals surface area contributed by atoms with Crippen LogP contribution in [0.15, 0.2) is 34.7 Å². The van der Waals surface area contributed by atoms with Crippen LogP contribution in [-0.2, 0) is 4.79 Å². The Morgan fingerprint density at radius 1 is 1.38 bits per heavy atom. The molecule has 0 aliphatic heterocycles. The van der Waals surface area contributed by atoms with Gasteiger partial charge in [-0.05, 0) is 56.7 Å². The molecule has 4 heteroatoms. The van der Waals surface area contributed by atoms with Crippen molar-refractivity contribution in [1.29, 1.82) is 0 Å². The second-order valence-electron chi connectivity index (χ2n) is 5.54. The fourth-order valence-electron chi connectivity index (χ4n) is 2.49. The van der Waals surface area contributed by atoms with Gasteiger partial charge in [-0.25, -0.2) is 0 Å². The Labute approximate surface area is 131 Å². The van der Waals surface area contributed by atoms with E-state index in [4.69, 9.17) is 5.73 Å². The third-order valence-electron chi connectivity index (χ3n) is 3.68. The van der Waals surface area contributed by atoms with Crippen molar-refractivity contribution in [2.45, 2.75) is 43.9 Å². The minimum atomic E-state index is 0.0800. The Kier molecular flexibility index (Phi) is 6.18. The lowest BCUT2D eigenvalue weighted by Gasteiger charge is -2.13. The van der Waals surface area contributed by atoms with Gasteiger partial charge in [-0.2, -0.15) is 0 Å². The monoisotopic (exact) mass is 304 g/mol. The molecule has 0 radical (unpaired) electrons. The second kappa shape index (κ2) is 8.13. The summed E-state index contributed by atoms with van der Waals surface area (Å²) < 4.78 is 0. The van der Waals surface area contributed by atoms with Gasteiger partial charge >= 0.3 is 0 Å². The predicted octanol–water partition coefficient (Wildman–Crippen LogP) is 3.68. The number of allylic oxidation sites excluding steroid dienone is 1. The number of amides is 1. The number of aryl methyl sites for hydroxylation is 1. The minimum Gasteiger partial charge on any atom is -0.398 e. The maximum Gasteiger partial charge on any atom is 0.230 e. The van der Waals surface area contributed by atoms with Crippen LogP contribution in [0.25, 0.3) is 0 Å². The van der Waals surface area contributed by atoms with Crippen molar-refractivity contribution in [2.75, 3.05) is 18.0 Å². The first-order valence-corrected chi connectivity index (χ1v) is 8.57. The molecule has 21 heavy (non-hydrogen) atoms. The van der Waals surface area contributed by atoms with Crippen LogP contribution < -0.4 is 11.1 Å². The van der Waals surface area contributed by atoms with Crippen molar-refractivity contribution < 1.29 is 4.79 Å². The number of carbonyl (C=O) groups excluding carboxylic acids is 1. The number of carbonyl (C=O) groups is 1. The Morgan fingerprint density at radius 3 is 2.95 bits per heavy atom. The standard InChI is InChI=1S/C17H24N2OS/c1-13-7-8-16(15(18)11-13)21-12-17(20)19-10-9-14-5-3-2-4-6-14/h5,7-8,11H,2-4,6,9-10,12,18H2,1H3,(H,19,20). The summed E-state index contributed by atoms with van der Waals surface area (Å²) in [4.78, 5) is 12.8. The summed E-state index contributed by atoms with van der Waals surface area (Å²) in [6.45, 7) is 2.76. The first-order chi connectivity index (χ1) is 10.1. The number of anilines is 1. The summed E-state index contributed by atoms with van der Waals surface area (Å²) in [5, 5.41) is 2.99. The maximum atomic E-state index is 11.8. The smallest absolute Gasteiger partial charge is 0.230 e. The van der Waals surface area contributed by atoms with Crippen LogP contribution in [-0.4, -0.2) is 18.2 Å². The number of hydrogen-bond donors (Lipinski definition) is 2. The highest BCUT2D eigenvalue weighted by molar-refractivity contribution is 8.00. The molecule has 0 aromatic heterocycles. The van der Waals surface area contributed by atoms with Crippen molar-refractivity contribution in [2.24, 2.45) is 0 Å². The summed E-state index contributed by atoms with van der Waals surface area (Å²) in [5.41, 5.74) is 9.33. The Bertz CT molecular complexity index is 526. The highest BCUT2D eigenvalue weighted by atomic mass is 32.2. The molecule has 0 bridgehead atoms. The van der Waals surface area contributed by atoms with Gasteiger partial charge in [0.2, 0.25) is 5.91 Å². The molecule has 0 saturated heterocycles. The van der Waals surface area contributed by atoms with E-state index in [2.05, 4.69) is 11.4 Å². The van der Waals surface area contributed by atoms with Crippen LogP contribution in [0.1, 0.15) is 37.7 Å². The molecule has 1 amide bonds. The lowest BCUT2D eigenvalue weighted by molar-refractivity contribution is -0.118. The molecule has 0 unspecified atom stereocenters. The zero-order chi connectivity index (χ0) is 15.1. The SMILES string of the molecule is Cc1ccc(SCC(=O)NCCC2=CCCCC2)c(N)c1. The second-order valence-corrected chi connectivity index (χ2v) is 6.56. The molecule has 0 atom stereocenters. The van der Waals surface area contributed by atoms with Crippen molar-refractivity contribution in [3.8, 4) is 0 Å². The zero-order valence-electron chi connectivity index (χ0n) is 12.7. The van der Waals surface area contributed by atoms with Crippen LogP contribution in [0, 0.1) is 6.92 Å². The van der Waals surface area contributed by atoms with Crippen molar-refractivity contribution >= 4 is 23.4 Å². The molecule has 114 valence electrons.